The number of aliphatic carboxylic acids is 1. The van der Waals surface area contributed by atoms with E-state index in [0.29, 0.717) is 13.0 Å². The van der Waals surface area contributed by atoms with Crippen molar-refractivity contribution in [3.63, 3.8) is 0 Å². The molecule has 88 valence electrons. The Bertz CT molecular complexity index is 187. The first-order chi connectivity index (χ1) is 7.18. The van der Waals surface area contributed by atoms with Crippen LogP contribution in [0.5, 0.6) is 0 Å². The molecule has 0 heterocycles. The lowest BCUT2D eigenvalue weighted by molar-refractivity contribution is -0.132. The number of rotatable bonds is 10. The molecule has 0 aromatic rings. The van der Waals surface area contributed by atoms with Gasteiger partial charge in [-0.25, -0.2) is 4.79 Å². The van der Waals surface area contributed by atoms with Gasteiger partial charge in [0.15, 0.2) is 0 Å². The van der Waals surface area contributed by atoms with Crippen molar-refractivity contribution in [1.82, 2.24) is 0 Å². The van der Waals surface area contributed by atoms with Crippen LogP contribution < -0.4 is 0 Å². The van der Waals surface area contributed by atoms with Gasteiger partial charge in [-0.3, -0.25) is 0 Å². The molecule has 0 amide bonds. The van der Waals surface area contributed by atoms with Crippen molar-refractivity contribution < 1.29 is 14.6 Å². The van der Waals surface area contributed by atoms with Gasteiger partial charge in [-0.15, -0.1) is 0 Å². The molecule has 0 bridgehead atoms. The summed E-state index contributed by atoms with van der Waals surface area (Å²) in [6.07, 6.45) is 6.09. The second kappa shape index (κ2) is 9.71. The second-order valence-electron chi connectivity index (χ2n) is 3.69. The van der Waals surface area contributed by atoms with Crippen molar-refractivity contribution in [3.05, 3.63) is 12.2 Å². The van der Waals surface area contributed by atoms with E-state index in [9.17, 15) is 4.79 Å². The maximum atomic E-state index is 10.4. The summed E-state index contributed by atoms with van der Waals surface area (Å²) >= 11 is 0. The quantitative estimate of drug-likeness (QED) is 0.449. The number of carboxylic acids is 1. The fraction of sp³-hybridized carbons (Fsp3) is 0.750. The van der Waals surface area contributed by atoms with E-state index in [2.05, 4.69) is 13.5 Å². The van der Waals surface area contributed by atoms with Gasteiger partial charge in [0.25, 0.3) is 0 Å². The van der Waals surface area contributed by atoms with Crippen molar-refractivity contribution in [2.24, 2.45) is 0 Å². The van der Waals surface area contributed by atoms with Crippen molar-refractivity contribution >= 4 is 5.97 Å². The van der Waals surface area contributed by atoms with Crippen molar-refractivity contribution in [2.45, 2.75) is 45.4 Å². The molecule has 0 aromatic heterocycles. The molecule has 0 fully saturated rings. The molecule has 1 N–H and O–H groups in total. The topological polar surface area (TPSA) is 46.5 Å². The summed E-state index contributed by atoms with van der Waals surface area (Å²) < 4.78 is 5.38. The Labute approximate surface area is 92.1 Å². The predicted octanol–water partition coefficient (Wildman–Crippen LogP) is 3.00. The Hall–Kier alpha value is -0.830. The minimum absolute atomic E-state index is 0.268. The van der Waals surface area contributed by atoms with Gasteiger partial charge in [-0.2, -0.15) is 0 Å². The number of carbonyl (C=O) groups is 1. The summed E-state index contributed by atoms with van der Waals surface area (Å²) in [7, 11) is 0. The van der Waals surface area contributed by atoms with Gasteiger partial charge in [0.2, 0.25) is 0 Å². The molecule has 0 saturated heterocycles. The molecular weight excluding hydrogens is 192 g/mol. The van der Waals surface area contributed by atoms with Crippen LogP contribution in [-0.4, -0.2) is 24.3 Å². The third-order valence-corrected chi connectivity index (χ3v) is 2.21. The first-order valence-electron chi connectivity index (χ1n) is 5.67. The Kier molecular flexibility index (Phi) is 9.18. The smallest absolute Gasteiger partial charge is 0.330 e. The number of hydrogen-bond acceptors (Lipinski definition) is 2. The Morgan fingerprint density at radius 1 is 1.20 bits per heavy atom. The molecule has 0 radical (unpaired) electrons. The van der Waals surface area contributed by atoms with Crippen LogP contribution in [0.25, 0.3) is 0 Å². The summed E-state index contributed by atoms with van der Waals surface area (Å²) in [5, 5.41) is 8.54. The van der Waals surface area contributed by atoms with Gasteiger partial charge < -0.3 is 9.84 Å². The third-order valence-electron chi connectivity index (χ3n) is 2.21. The predicted molar refractivity (Wildman–Crippen MR) is 61.0 cm³/mol. The number of ether oxygens (including phenoxy) is 1. The van der Waals surface area contributed by atoms with Crippen molar-refractivity contribution in [2.75, 3.05) is 13.2 Å². The van der Waals surface area contributed by atoms with E-state index < -0.39 is 5.97 Å². The molecule has 3 nitrogen and oxygen atoms in total. The summed E-state index contributed by atoms with van der Waals surface area (Å²) in [5.41, 5.74) is 0.268. The lowest BCUT2D eigenvalue weighted by Crippen LogP contribution is -2.02. The second-order valence-corrected chi connectivity index (χ2v) is 3.69. The molecule has 0 aliphatic heterocycles. The fourth-order valence-electron chi connectivity index (χ4n) is 1.23. The molecular formula is C12H22O3. The summed E-state index contributed by atoms with van der Waals surface area (Å²) in [4.78, 5) is 10.4. The van der Waals surface area contributed by atoms with E-state index in [1.165, 1.54) is 19.3 Å². The van der Waals surface area contributed by atoms with Gasteiger partial charge in [0.05, 0.1) is 0 Å². The zero-order valence-corrected chi connectivity index (χ0v) is 9.63. The number of hydrogen-bond donors (Lipinski definition) is 1. The molecule has 0 aliphatic carbocycles. The Balaban J connectivity index is 3.11. The fourth-order valence-corrected chi connectivity index (χ4v) is 1.23. The summed E-state index contributed by atoms with van der Waals surface area (Å²) in [5.74, 6) is -0.905. The molecule has 0 aliphatic rings. The monoisotopic (exact) mass is 214 g/mol. The minimum atomic E-state index is -0.905. The lowest BCUT2D eigenvalue weighted by Gasteiger charge is -2.03. The summed E-state index contributed by atoms with van der Waals surface area (Å²) in [6.45, 7) is 7.06. The van der Waals surface area contributed by atoms with E-state index in [1.54, 1.807) is 0 Å². The summed E-state index contributed by atoms with van der Waals surface area (Å²) in [6, 6.07) is 0. The van der Waals surface area contributed by atoms with Gasteiger partial charge in [-0.1, -0.05) is 32.8 Å². The van der Waals surface area contributed by atoms with E-state index in [-0.39, 0.29) is 5.57 Å². The van der Waals surface area contributed by atoms with E-state index in [0.717, 1.165) is 19.4 Å². The van der Waals surface area contributed by atoms with E-state index in [1.807, 2.05) is 0 Å². The molecule has 3 heteroatoms. The van der Waals surface area contributed by atoms with Gasteiger partial charge in [0, 0.05) is 18.8 Å². The van der Waals surface area contributed by atoms with Crippen LogP contribution in [0.3, 0.4) is 0 Å². The first kappa shape index (κ1) is 14.2. The standard InChI is InChI=1S/C12H22O3/c1-3-4-5-6-9-15-10-7-8-11(2)12(13)14/h2-10H2,1H3,(H,13,14). The van der Waals surface area contributed by atoms with E-state index in [4.69, 9.17) is 9.84 Å². The average molecular weight is 214 g/mol. The zero-order valence-electron chi connectivity index (χ0n) is 9.63. The molecule has 0 rings (SSSR count). The molecule has 15 heavy (non-hydrogen) atoms. The van der Waals surface area contributed by atoms with Crippen LogP contribution in [0, 0.1) is 0 Å². The first-order valence-corrected chi connectivity index (χ1v) is 5.67. The molecule has 0 spiro atoms. The lowest BCUT2D eigenvalue weighted by atomic mass is 10.2. The van der Waals surface area contributed by atoms with Crippen molar-refractivity contribution in [1.29, 1.82) is 0 Å². The molecule has 0 saturated carbocycles. The van der Waals surface area contributed by atoms with Crippen LogP contribution in [0.4, 0.5) is 0 Å². The van der Waals surface area contributed by atoms with E-state index >= 15 is 0 Å². The maximum Gasteiger partial charge on any atom is 0.330 e. The molecule has 0 aromatic carbocycles. The number of unbranched alkanes of at least 4 members (excludes halogenated alkanes) is 3. The highest BCUT2D eigenvalue weighted by molar-refractivity contribution is 5.85. The van der Waals surface area contributed by atoms with Gasteiger partial charge >= 0.3 is 5.97 Å². The van der Waals surface area contributed by atoms with Crippen molar-refractivity contribution in [3.8, 4) is 0 Å². The SMILES string of the molecule is C=C(CCCOCCCCCC)C(=O)O. The Morgan fingerprint density at radius 2 is 1.87 bits per heavy atom. The third kappa shape index (κ3) is 9.47. The average Bonchev–Trinajstić information content (AvgIpc) is 2.21. The van der Waals surface area contributed by atoms with Crippen LogP contribution in [0.2, 0.25) is 0 Å². The van der Waals surface area contributed by atoms with Crippen LogP contribution >= 0.6 is 0 Å². The highest BCUT2D eigenvalue weighted by Crippen LogP contribution is 2.03. The normalized spacial score (nSPS) is 10.2. The van der Waals surface area contributed by atoms with Gasteiger partial charge in [-0.05, 0) is 19.3 Å². The minimum Gasteiger partial charge on any atom is -0.478 e. The van der Waals surface area contributed by atoms with Crippen LogP contribution in [0.15, 0.2) is 12.2 Å². The zero-order chi connectivity index (χ0) is 11.5. The number of carboxylic acid groups (broad SMARTS) is 1. The van der Waals surface area contributed by atoms with Crippen LogP contribution in [0.1, 0.15) is 45.4 Å². The molecule has 0 atom stereocenters. The van der Waals surface area contributed by atoms with Gasteiger partial charge in [0.1, 0.15) is 0 Å². The Morgan fingerprint density at radius 3 is 2.47 bits per heavy atom. The maximum absolute atomic E-state index is 10.4. The largest absolute Gasteiger partial charge is 0.478 e. The highest BCUT2D eigenvalue weighted by Gasteiger charge is 2.02. The van der Waals surface area contributed by atoms with Crippen LogP contribution in [-0.2, 0) is 9.53 Å². The highest BCUT2D eigenvalue weighted by atomic mass is 16.5. The molecule has 0 unspecified atom stereocenters.